The number of unbranched alkanes of at least 4 members (excludes halogenated alkanes) is 2. The smallest absolute Gasteiger partial charge is 0.191 e. The fourth-order valence-electron chi connectivity index (χ4n) is 2.75. The molecule has 0 bridgehead atoms. The summed E-state index contributed by atoms with van der Waals surface area (Å²) in [5, 5.41) is 10.9. The van der Waals surface area contributed by atoms with E-state index in [1.54, 1.807) is 0 Å². The third-order valence-electron chi connectivity index (χ3n) is 4.00. The van der Waals surface area contributed by atoms with E-state index in [0.29, 0.717) is 12.0 Å². The van der Waals surface area contributed by atoms with E-state index in [-0.39, 0.29) is 24.0 Å². The molecule has 2 N–H and O–H groups in total. The second kappa shape index (κ2) is 11.7. The number of aryl methyl sites for hydroxylation is 2. The van der Waals surface area contributed by atoms with E-state index >= 15 is 0 Å². The molecule has 0 aliphatic carbocycles. The molecule has 6 heteroatoms. The third-order valence-corrected chi connectivity index (χ3v) is 4.00. The number of hydrogen-bond donors (Lipinski definition) is 2. The molecule has 0 amide bonds. The summed E-state index contributed by atoms with van der Waals surface area (Å²) in [5.74, 6) is 2.10. The van der Waals surface area contributed by atoms with Crippen molar-refractivity contribution in [1.82, 2.24) is 15.8 Å². The minimum absolute atomic E-state index is 0. The molecular weight excluding hydrogens is 403 g/mol. The summed E-state index contributed by atoms with van der Waals surface area (Å²) in [7, 11) is 1.81. The van der Waals surface area contributed by atoms with Gasteiger partial charge in [-0.25, -0.2) is 0 Å². The molecule has 0 radical (unpaired) electrons. The molecule has 0 aliphatic heterocycles. The Hall–Kier alpha value is -0.790. The lowest BCUT2D eigenvalue weighted by Crippen LogP contribution is -2.43. The van der Waals surface area contributed by atoms with Crippen LogP contribution in [0.4, 0.5) is 0 Å². The van der Waals surface area contributed by atoms with Crippen LogP contribution in [0.5, 0.6) is 0 Å². The molecule has 2 atom stereocenters. The maximum absolute atomic E-state index is 5.25. The first-order valence-electron chi connectivity index (χ1n) is 8.39. The van der Waals surface area contributed by atoms with Gasteiger partial charge in [-0.3, -0.25) is 4.99 Å². The minimum atomic E-state index is 0. The van der Waals surface area contributed by atoms with Crippen LogP contribution in [0.1, 0.15) is 69.4 Å². The number of halogens is 1. The molecule has 5 nitrogen and oxygen atoms in total. The van der Waals surface area contributed by atoms with Crippen LogP contribution >= 0.6 is 24.0 Å². The van der Waals surface area contributed by atoms with Crippen molar-refractivity contribution in [1.29, 1.82) is 0 Å². The van der Waals surface area contributed by atoms with Crippen molar-refractivity contribution < 1.29 is 4.52 Å². The van der Waals surface area contributed by atoms with E-state index in [9.17, 15) is 0 Å². The molecule has 0 fully saturated rings. The summed E-state index contributed by atoms with van der Waals surface area (Å²) in [5.41, 5.74) is 2.17. The van der Waals surface area contributed by atoms with Gasteiger partial charge in [0.1, 0.15) is 5.76 Å². The summed E-state index contributed by atoms with van der Waals surface area (Å²) >= 11 is 0. The Kier molecular flexibility index (Phi) is 11.3. The molecule has 1 aromatic heterocycles. The number of nitrogens with zero attached hydrogens (tertiary/aromatic N) is 2. The average molecular weight is 436 g/mol. The van der Waals surface area contributed by atoms with Gasteiger partial charge in [-0.05, 0) is 27.2 Å². The normalized spacial score (nSPS) is 14.1. The van der Waals surface area contributed by atoms with Gasteiger partial charge < -0.3 is 15.2 Å². The topological polar surface area (TPSA) is 62.5 Å². The summed E-state index contributed by atoms with van der Waals surface area (Å²) in [6, 6.07) is 0.437. The molecule has 0 saturated heterocycles. The quantitative estimate of drug-likeness (QED) is 0.278. The molecule has 0 saturated carbocycles. The molecule has 0 aliphatic rings. The first-order chi connectivity index (χ1) is 10.5. The largest absolute Gasteiger partial charge is 0.361 e. The number of rotatable bonds is 8. The van der Waals surface area contributed by atoms with Gasteiger partial charge >= 0.3 is 0 Å². The van der Waals surface area contributed by atoms with Crippen LogP contribution in [-0.4, -0.2) is 30.8 Å². The van der Waals surface area contributed by atoms with Crippen molar-refractivity contribution in [3.8, 4) is 0 Å². The predicted octanol–water partition coefficient (Wildman–Crippen LogP) is 4.15. The zero-order chi connectivity index (χ0) is 16.5. The van der Waals surface area contributed by atoms with Crippen LogP contribution in [-0.2, 0) is 0 Å². The minimum Gasteiger partial charge on any atom is -0.361 e. The molecule has 0 aromatic carbocycles. The Bertz CT molecular complexity index is 454. The molecule has 2 unspecified atom stereocenters. The van der Waals surface area contributed by atoms with E-state index in [1.165, 1.54) is 31.2 Å². The van der Waals surface area contributed by atoms with Crippen LogP contribution in [0.3, 0.4) is 0 Å². The van der Waals surface area contributed by atoms with Crippen molar-refractivity contribution in [3.05, 3.63) is 17.0 Å². The summed E-state index contributed by atoms with van der Waals surface area (Å²) in [4.78, 5) is 4.31. The van der Waals surface area contributed by atoms with E-state index in [2.05, 4.69) is 41.6 Å². The van der Waals surface area contributed by atoms with E-state index < -0.39 is 0 Å². The van der Waals surface area contributed by atoms with Gasteiger partial charge in [-0.15, -0.1) is 24.0 Å². The average Bonchev–Trinajstić information content (AvgIpc) is 2.82. The second-order valence-corrected chi connectivity index (χ2v) is 6.13. The highest BCUT2D eigenvalue weighted by atomic mass is 127. The van der Waals surface area contributed by atoms with Gasteiger partial charge in [0.05, 0.1) is 5.69 Å². The van der Waals surface area contributed by atoms with Gasteiger partial charge in [0.2, 0.25) is 0 Å². The van der Waals surface area contributed by atoms with Crippen LogP contribution in [0.15, 0.2) is 9.52 Å². The second-order valence-electron chi connectivity index (χ2n) is 6.13. The van der Waals surface area contributed by atoms with Crippen LogP contribution in [0.2, 0.25) is 0 Å². The summed E-state index contributed by atoms with van der Waals surface area (Å²) in [6.45, 7) is 11.4. The standard InChI is InChI=1S/C17H32N4O.HI/c1-7-8-9-10-13(3)20-17(18-6)19-11-12(2)16-14(4)21-22-15(16)5;/h12-13H,7-11H2,1-6H3,(H2,18,19,20);1H. The highest BCUT2D eigenvalue weighted by molar-refractivity contribution is 14.0. The van der Waals surface area contributed by atoms with Crippen molar-refractivity contribution >= 4 is 29.9 Å². The summed E-state index contributed by atoms with van der Waals surface area (Å²) in [6.07, 6.45) is 4.99. The summed E-state index contributed by atoms with van der Waals surface area (Å²) < 4.78 is 5.25. The third kappa shape index (κ3) is 7.54. The molecule has 1 heterocycles. The van der Waals surface area contributed by atoms with Crippen molar-refractivity contribution in [2.75, 3.05) is 13.6 Å². The van der Waals surface area contributed by atoms with Crippen molar-refractivity contribution in [3.63, 3.8) is 0 Å². The lowest BCUT2D eigenvalue weighted by molar-refractivity contribution is 0.391. The highest BCUT2D eigenvalue weighted by Crippen LogP contribution is 2.22. The van der Waals surface area contributed by atoms with E-state index in [1.807, 2.05) is 20.9 Å². The SMILES string of the molecule is CCCCCC(C)NC(=NC)NCC(C)c1c(C)noc1C.I. The van der Waals surface area contributed by atoms with Crippen LogP contribution in [0.25, 0.3) is 0 Å². The molecule has 134 valence electrons. The van der Waals surface area contributed by atoms with Gasteiger partial charge in [0, 0.05) is 31.1 Å². The lowest BCUT2D eigenvalue weighted by Gasteiger charge is -2.20. The fraction of sp³-hybridized carbons (Fsp3) is 0.765. The first kappa shape index (κ1) is 22.2. The molecule has 1 rings (SSSR count). The van der Waals surface area contributed by atoms with Crippen LogP contribution < -0.4 is 10.6 Å². The predicted molar refractivity (Wildman–Crippen MR) is 108 cm³/mol. The van der Waals surface area contributed by atoms with Crippen molar-refractivity contribution in [2.24, 2.45) is 4.99 Å². The fourth-order valence-corrected chi connectivity index (χ4v) is 2.75. The first-order valence-corrected chi connectivity index (χ1v) is 8.39. The maximum atomic E-state index is 5.25. The van der Waals surface area contributed by atoms with E-state index in [4.69, 9.17) is 4.52 Å². The molecule has 0 spiro atoms. The monoisotopic (exact) mass is 436 g/mol. The Labute approximate surface area is 158 Å². The van der Waals surface area contributed by atoms with Crippen molar-refractivity contribution in [2.45, 2.75) is 72.3 Å². The van der Waals surface area contributed by atoms with E-state index in [0.717, 1.165) is 24.0 Å². The van der Waals surface area contributed by atoms with Crippen LogP contribution in [0, 0.1) is 13.8 Å². The Morgan fingerprint density at radius 3 is 2.48 bits per heavy atom. The number of aromatic nitrogens is 1. The maximum Gasteiger partial charge on any atom is 0.191 e. The van der Waals surface area contributed by atoms with Gasteiger partial charge in [-0.2, -0.15) is 0 Å². The molecular formula is C17H33IN4O. The number of hydrogen-bond acceptors (Lipinski definition) is 3. The Morgan fingerprint density at radius 2 is 1.96 bits per heavy atom. The number of nitrogens with one attached hydrogen (secondary N) is 2. The Balaban J connectivity index is 0.00000484. The number of guanidine groups is 1. The Morgan fingerprint density at radius 1 is 1.26 bits per heavy atom. The number of aliphatic imine (C=N–C) groups is 1. The van der Waals surface area contributed by atoms with Gasteiger partial charge in [0.15, 0.2) is 5.96 Å². The molecule has 23 heavy (non-hydrogen) atoms. The van der Waals surface area contributed by atoms with Gasteiger partial charge in [-0.1, -0.05) is 38.3 Å². The zero-order valence-corrected chi connectivity index (χ0v) is 17.7. The molecule has 1 aromatic rings. The lowest BCUT2D eigenvalue weighted by atomic mass is 10.00. The van der Waals surface area contributed by atoms with Gasteiger partial charge in [0.25, 0.3) is 0 Å². The zero-order valence-electron chi connectivity index (χ0n) is 15.4. The highest BCUT2D eigenvalue weighted by Gasteiger charge is 2.16.